The Morgan fingerprint density at radius 2 is 1.90 bits per heavy atom. The third-order valence-electron chi connectivity index (χ3n) is 7.08. The van der Waals surface area contributed by atoms with Crippen molar-refractivity contribution in [3.63, 3.8) is 0 Å². The zero-order valence-electron chi connectivity index (χ0n) is 22.9. The molecule has 0 radical (unpaired) electrons. The molecule has 0 aromatic carbocycles. The summed E-state index contributed by atoms with van der Waals surface area (Å²) in [4.78, 5) is 39.5. The highest BCUT2D eigenvalue weighted by Gasteiger charge is 2.48. The van der Waals surface area contributed by atoms with Gasteiger partial charge in [-0.25, -0.2) is 4.98 Å². The summed E-state index contributed by atoms with van der Waals surface area (Å²) >= 11 is 0. The van der Waals surface area contributed by atoms with Crippen molar-refractivity contribution in [2.75, 3.05) is 12.4 Å². The van der Waals surface area contributed by atoms with Crippen LogP contribution < -0.4 is 21.1 Å². The van der Waals surface area contributed by atoms with E-state index in [4.69, 9.17) is 10.5 Å². The van der Waals surface area contributed by atoms with Crippen LogP contribution in [0.15, 0.2) is 41.7 Å². The topological polar surface area (TPSA) is 132 Å². The molecule has 208 valence electrons. The molecule has 39 heavy (non-hydrogen) atoms. The summed E-state index contributed by atoms with van der Waals surface area (Å²) in [7, 11) is 1.52. The second-order valence-corrected chi connectivity index (χ2v) is 10.4. The largest absolute Gasteiger partial charge is 0.495 e. The normalized spacial score (nSPS) is 16.5. The molecule has 4 N–H and O–H groups in total. The molecule has 4 rings (SSSR count). The van der Waals surface area contributed by atoms with Gasteiger partial charge in [0.25, 0.3) is 5.91 Å². The van der Waals surface area contributed by atoms with Gasteiger partial charge in [-0.05, 0) is 94.2 Å². The maximum absolute atomic E-state index is 15.3. The lowest BCUT2D eigenvalue weighted by atomic mass is 9.88. The molecule has 2 aromatic heterocycles. The Morgan fingerprint density at radius 1 is 1.21 bits per heavy atom. The summed E-state index contributed by atoms with van der Waals surface area (Å²) in [5, 5.41) is 5.67. The molecule has 1 atom stereocenters. The number of amides is 2. The summed E-state index contributed by atoms with van der Waals surface area (Å²) in [6, 6.07) is 3.91. The zero-order chi connectivity index (χ0) is 28.1. The summed E-state index contributed by atoms with van der Waals surface area (Å²) in [6.45, 7) is 5.64. The molecule has 1 unspecified atom stereocenters. The van der Waals surface area contributed by atoms with Gasteiger partial charge < -0.3 is 21.1 Å². The number of carbonyl (C=O) groups excluding carboxylic acids is 2. The number of ether oxygens (including phenoxy) is 1. The molecule has 0 bridgehead atoms. The predicted molar refractivity (Wildman–Crippen MR) is 149 cm³/mol. The standard InChI is InChI=1S/C29H37FN6O3/c1-5-22-21(14-19(39-4)15-32-22)20-10-11-24(34-27(20)30)35-29(38)26(25(17-6-7-17)18-8-9-18)36-28(37)23(12-13-31)33-16(2)3/h10-18,25-26H,5-9,31H2,1-4H3,(H,36,37)(H,34,35,38)/b13-12-,33-23?. The highest BCUT2D eigenvalue weighted by Crippen LogP contribution is 2.50. The number of hydrogen-bond donors (Lipinski definition) is 3. The molecule has 2 heterocycles. The Balaban J connectivity index is 1.59. The average molecular weight is 537 g/mol. The number of nitrogens with zero attached hydrogens (tertiary/aromatic N) is 3. The van der Waals surface area contributed by atoms with Crippen molar-refractivity contribution in [3.05, 3.63) is 48.3 Å². The number of nitrogens with one attached hydrogen (secondary N) is 2. The Bertz CT molecular complexity index is 1260. The molecular formula is C29H37FN6O3. The third kappa shape index (κ3) is 6.99. The van der Waals surface area contributed by atoms with Gasteiger partial charge in [0.2, 0.25) is 11.9 Å². The van der Waals surface area contributed by atoms with E-state index in [2.05, 4.69) is 25.6 Å². The molecule has 2 aliphatic rings. The van der Waals surface area contributed by atoms with E-state index in [-0.39, 0.29) is 29.1 Å². The lowest BCUT2D eigenvalue weighted by Gasteiger charge is -2.27. The lowest BCUT2D eigenvalue weighted by Crippen LogP contribution is -2.51. The van der Waals surface area contributed by atoms with E-state index in [1.54, 1.807) is 24.4 Å². The molecule has 2 saturated carbocycles. The fraction of sp³-hybridized carbons (Fsp3) is 0.483. The number of hydrogen-bond acceptors (Lipinski definition) is 7. The number of aryl methyl sites for hydroxylation is 1. The predicted octanol–water partition coefficient (Wildman–Crippen LogP) is 4.04. The van der Waals surface area contributed by atoms with Gasteiger partial charge in [0, 0.05) is 22.9 Å². The summed E-state index contributed by atoms with van der Waals surface area (Å²) in [5.41, 5.74) is 7.24. The van der Waals surface area contributed by atoms with Crippen molar-refractivity contribution in [3.8, 4) is 16.9 Å². The molecule has 2 aromatic rings. The van der Waals surface area contributed by atoms with E-state index in [1.807, 2.05) is 20.8 Å². The molecule has 2 aliphatic carbocycles. The van der Waals surface area contributed by atoms with E-state index >= 15 is 4.39 Å². The maximum Gasteiger partial charge on any atom is 0.270 e. The number of aliphatic imine (C=N–C) groups is 1. The minimum Gasteiger partial charge on any atom is -0.495 e. The average Bonchev–Trinajstić information content (AvgIpc) is 3.83. The number of aromatic nitrogens is 2. The van der Waals surface area contributed by atoms with E-state index in [0.29, 0.717) is 35.3 Å². The molecule has 2 amide bonds. The number of carbonyl (C=O) groups is 2. The first kappa shape index (κ1) is 28.2. The van der Waals surface area contributed by atoms with Crippen LogP contribution in [0.4, 0.5) is 10.2 Å². The number of pyridine rings is 2. The van der Waals surface area contributed by atoms with Crippen LogP contribution in [0.25, 0.3) is 11.1 Å². The first-order valence-electron chi connectivity index (χ1n) is 13.5. The van der Waals surface area contributed by atoms with E-state index in [9.17, 15) is 9.59 Å². The second kappa shape index (κ2) is 12.4. The van der Waals surface area contributed by atoms with Crippen molar-refractivity contribution >= 4 is 23.3 Å². The van der Waals surface area contributed by atoms with Gasteiger partial charge in [-0.2, -0.15) is 4.39 Å². The van der Waals surface area contributed by atoms with Crippen LogP contribution in [0, 0.1) is 23.7 Å². The smallest absolute Gasteiger partial charge is 0.270 e. The fourth-order valence-corrected chi connectivity index (χ4v) is 5.00. The van der Waals surface area contributed by atoms with E-state index in [1.165, 1.54) is 19.4 Å². The van der Waals surface area contributed by atoms with Gasteiger partial charge >= 0.3 is 0 Å². The Labute approximate surface area is 228 Å². The second-order valence-electron chi connectivity index (χ2n) is 10.4. The molecule has 0 aliphatic heterocycles. The Morgan fingerprint density at radius 3 is 2.44 bits per heavy atom. The highest BCUT2D eigenvalue weighted by molar-refractivity contribution is 6.43. The van der Waals surface area contributed by atoms with E-state index in [0.717, 1.165) is 25.7 Å². The summed E-state index contributed by atoms with van der Waals surface area (Å²) < 4.78 is 20.5. The monoisotopic (exact) mass is 536 g/mol. The van der Waals surface area contributed by atoms with Gasteiger partial charge in [-0.15, -0.1) is 0 Å². The number of halogens is 1. The maximum atomic E-state index is 15.3. The minimum atomic E-state index is -0.806. The molecule has 10 heteroatoms. The quantitative estimate of drug-likeness (QED) is 0.277. The zero-order valence-corrected chi connectivity index (χ0v) is 22.9. The third-order valence-corrected chi connectivity index (χ3v) is 7.08. The number of rotatable bonds is 12. The first-order valence-corrected chi connectivity index (χ1v) is 13.5. The number of anilines is 1. The molecule has 2 fully saturated rings. The molecular weight excluding hydrogens is 499 g/mol. The van der Waals surface area contributed by atoms with Crippen molar-refractivity contribution in [1.82, 2.24) is 15.3 Å². The van der Waals surface area contributed by atoms with Crippen LogP contribution in [0.1, 0.15) is 52.1 Å². The van der Waals surface area contributed by atoms with Crippen LogP contribution in [0.5, 0.6) is 5.75 Å². The Hall–Kier alpha value is -3.82. The van der Waals surface area contributed by atoms with Gasteiger partial charge in [0.1, 0.15) is 23.3 Å². The minimum absolute atomic E-state index is 0.00445. The van der Waals surface area contributed by atoms with Crippen molar-refractivity contribution < 1.29 is 18.7 Å². The summed E-state index contributed by atoms with van der Waals surface area (Å²) in [6.07, 6.45) is 8.96. The van der Waals surface area contributed by atoms with Gasteiger partial charge in [-0.3, -0.25) is 19.6 Å². The van der Waals surface area contributed by atoms with Gasteiger partial charge in [-0.1, -0.05) is 6.92 Å². The van der Waals surface area contributed by atoms with Crippen LogP contribution in [-0.2, 0) is 16.0 Å². The van der Waals surface area contributed by atoms with Crippen LogP contribution in [0.2, 0.25) is 0 Å². The number of nitrogens with two attached hydrogens (primary N) is 1. The molecule has 0 saturated heterocycles. The Kier molecular flexibility index (Phi) is 8.93. The van der Waals surface area contributed by atoms with E-state index < -0.39 is 23.8 Å². The van der Waals surface area contributed by atoms with Gasteiger partial charge in [0.15, 0.2) is 0 Å². The fourth-order valence-electron chi connectivity index (χ4n) is 5.00. The van der Waals surface area contributed by atoms with Crippen molar-refractivity contribution in [2.24, 2.45) is 28.5 Å². The molecule has 0 spiro atoms. The SMILES string of the molecule is CCc1ncc(OC)cc1-c1ccc(NC(=O)C(NC(=O)C(/C=C\N)=NC(C)C)C(C2CC2)C2CC2)nc1F. The highest BCUT2D eigenvalue weighted by atomic mass is 19.1. The lowest BCUT2D eigenvalue weighted by molar-refractivity contribution is -0.124. The van der Waals surface area contributed by atoms with Crippen LogP contribution in [-0.4, -0.2) is 46.7 Å². The molecule has 9 nitrogen and oxygen atoms in total. The van der Waals surface area contributed by atoms with Crippen molar-refractivity contribution in [1.29, 1.82) is 0 Å². The van der Waals surface area contributed by atoms with Crippen LogP contribution in [0.3, 0.4) is 0 Å². The van der Waals surface area contributed by atoms with Crippen molar-refractivity contribution in [2.45, 2.75) is 65.0 Å². The number of methoxy groups -OCH3 is 1. The van der Waals surface area contributed by atoms with Gasteiger partial charge in [0.05, 0.1) is 13.3 Å². The van der Waals surface area contributed by atoms with Crippen LogP contribution >= 0.6 is 0 Å². The first-order chi connectivity index (χ1) is 18.7. The summed E-state index contributed by atoms with van der Waals surface area (Å²) in [5.74, 6) is -0.331.